The van der Waals surface area contributed by atoms with E-state index in [0.717, 1.165) is 25.9 Å². The van der Waals surface area contributed by atoms with Crippen molar-refractivity contribution in [2.75, 3.05) is 47.3 Å². The van der Waals surface area contributed by atoms with E-state index in [-0.39, 0.29) is 19.2 Å². The molecule has 8 heteroatoms. The van der Waals surface area contributed by atoms with Crippen LogP contribution in [-0.2, 0) is 9.59 Å². The van der Waals surface area contributed by atoms with E-state index in [0.29, 0.717) is 25.9 Å². The Kier molecular flexibility index (Phi) is 17.3. The third kappa shape index (κ3) is 12.2. The zero-order valence-electron chi connectivity index (χ0n) is 14.7. The summed E-state index contributed by atoms with van der Waals surface area (Å²) in [5.41, 5.74) is 5.89. The number of nitrogens with one attached hydrogen (secondary N) is 5. The molecule has 2 atom stereocenters. The molecule has 0 heterocycles. The molecule has 0 aliphatic heterocycles. The van der Waals surface area contributed by atoms with Crippen LogP contribution in [0.2, 0.25) is 0 Å². The van der Waals surface area contributed by atoms with Gasteiger partial charge in [-0.3, -0.25) is 9.59 Å². The number of carbonyl (C=O) groups excluding carboxylic acids is 2. The molecule has 0 bridgehead atoms. The van der Waals surface area contributed by atoms with Gasteiger partial charge in [0.25, 0.3) is 0 Å². The van der Waals surface area contributed by atoms with Gasteiger partial charge < -0.3 is 32.3 Å². The van der Waals surface area contributed by atoms with Crippen LogP contribution in [0.25, 0.3) is 0 Å². The number of carbonyl (C=O) groups is 2. The predicted octanol–water partition coefficient (Wildman–Crippen LogP) is -1.23. The molecule has 144 valence electrons. The van der Waals surface area contributed by atoms with Gasteiger partial charge in [-0.1, -0.05) is 7.43 Å². The van der Waals surface area contributed by atoms with Crippen molar-refractivity contribution in [3.05, 3.63) is 0 Å². The van der Waals surface area contributed by atoms with Crippen LogP contribution in [0.5, 0.6) is 0 Å². The average molecular weight is 347 g/mol. The van der Waals surface area contributed by atoms with Crippen LogP contribution < -0.4 is 32.3 Å². The Morgan fingerprint density at radius 2 is 1.38 bits per heavy atom. The first-order chi connectivity index (χ1) is 11.1. The molecule has 8 nitrogen and oxygen atoms in total. The summed E-state index contributed by atoms with van der Waals surface area (Å²) in [7, 11) is 5.54. The van der Waals surface area contributed by atoms with Crippen LogP contribution in [0.4, 0.5) is 0 Å². The zero-order valence-corrected chi connectivity index (χ0v) is 14.7. The van der Waals surface area contributed by atoms with E-state index < -0.39 is 12.1 Å². The summed E-state index contributed by atoms with van der Waals surface area (Å²) in [4.78, 5) is 24.4. The van der Waals surface area contributed by atoms with E-state index in [2.05, 4.69) is 26.6 Å². The third-order valence-corrected chi connectivity index (χ3v) is 3.51. The molecule has 0 rings (SSSR count). The fourth-order valence-electron chi connectivity index (χ4n) is 2.09. The minimum absolute atomic E-state index is 0. The Bertz CT molecular complexity index is 328. The van der Waals surface area contributed by atoms with Gasteiger partial charge in [0.05, 0.1) is 6.04 Å². The van der Waals surface area contributed by atoms with Crippen molar-refractivity contribution in [1.82, 2.24) is 26.6 Å². The maximum atomic E-state index is 12.2. The SMILES string of the molecule is C.CNCCC[C@H](NC(=O)[C@@H](N)CCCNC)C(=O)NCCNC. The van der Waals surface area contributed by atoms with Gasteiger partial charge in [0.2, 0.25) is 11.8 Å². The van der Waals surface area contributed by atoms with Gasteiger partial charge in [-0.25, -0.2) is 0 Å². The molecule has 0 aliphatic carbocycles. The number of hydrogen-bond donors (Lipinski definition) is 6. The lowest BCUT2D eigenvalue weighted by Crippen LogP contribution is -2.52. The standard InChI is InChI=1S/C15H34N6O2.CH4/c1-17-8-4-6-12(16)14(22)21-13(7-5-9-18-2)15(23)20-11-10-19-3;/h12-13,17-19H,4-11,16H2,1-3H3,(H,20,23)(H,21,22);1H4/t12-,13-;/m0./s1. The van der Waals surface area contributed by atoms with Crippen LogP contribution in [0, 0.1) is 0 Å². The Hall–Kier alpha value is -1.22. The quantitative estimate of drug-likeness (QED) is 0.219. The highest BCUT2D eigenvalue weighted by atomic mass is 16.2. The van der Waals surface area contributed by atoms with E-state index in [4.69, 9.17) is 5.73 Å². The Morgan fingerprint density at radius 3 is 1.92 bits per heavy atom. The van der Waals surface area contributed by atoms with Crippen molar-refractivity contribution in [3.8, 4) is 0 Å². The maximum Gasteiger partial charge on any atom is 0.242 e. The smallest absolute Gasteiger partial charge is 0.242 e. The van der Waals surface area contributed by atoms with Gasteiger partial charge in [-0.05, 0) is 59.9 Å². The lowest BCUT2D eigenvalue weighted by Gasteiger charge is -2.21. The summed E-state index contributed by atoms with van der Waals surface area (Å²) in [6.45, 7) is 2.83. The topological polar surface area (TPSA) is 120 Å². The lowest BCUT2D eigenvalue weighted by molar-refractivity contribution is -0.129. The molecule has 0 radical (unpaired) electrons. The van der Waals surface area contributed by atoms with Crippen molar-refractivity contribution < 1.29 is 9.59 Å². The fraction of sp³-hybridized carbons (Fsp3) is 0.875. The van der Waals surface area contributed by atoms with E-state index in [9.17, 15) is 9.59 Å². The van der Waals surface area contributed by atoms with Gasteiger partial charge in [0, 0.05) is 13.1 Å². The molecule has 0 saturated heterocycles. The summed E-state index contributed by atoms with van der Waals surface area (Å²) in [5, 5.41) is 14.6. The van der Waals surface area contributed by atoms with Crippen LogP contribution in [0.3, 0.4) is 0 Å². The molecule has 0 unspecified atom stereocenters. The number of nitrogens with two attached hydrogens (primary N) is 1. The van der Waals surface area contributed by atoms with E-state index in [1.807, 2.05) is 21.1 Å². The predicted molar refractivity (Wildman–Crippen MR) is 99.9 cm³/mol. The molecule has 0 aliphatic rings. The first-order valence-electron chi connectivity index (χ1n) is 8.34. The van der Waals surface area contributed by atoms with Crippen molar-refractivity contribution in [2.45, 2.75) is 45.2 Å². The molecule has 24 heavy (non-hydrogen) atoms. The lowest BCUT2D eigenvalue weighted by atomic mass is 10.1. The first-order valence-corrected chi connectivity index (χ1v) is 8.34. The van der Waals surface area contributed by atoms with Crippen molar-refractivity contribution in [3.63, 3.8) is 0 Å². The largest absolute Gasteiger partial charge is 0.353 e. The summed E-state index contributed by atoms with van der Waals surface area (Å²) in [6.07, 6.45) is 2.80. The van der Waals surface area contributed by atoms with Gasteiger partial charge >= 0.3 is 0 Å². The van der Waals surface area contributed by atoms with Crippen LogP contribution >= 0.6 is 0 Å². The molecular weight excluding hydrogens is 308 g/mol. The third-order valence-electron chi connectivity index (χ3n) is 3.51. The minimum Gasteiger partial charge on any atom is -0.353 e. The fourth-order valence-corrected chi connectivity index (χ4v) is 2.09. The number of likely N-dealkylation sites (N-methyl/N-ethyl adjacent to an activating group) is 1. The highest BCUT2D eigenvalue weighted by molar-refractivity contribution is 5.89. The molecule has 0 aromatic carbocycles. The summed E-state index contributed by atoms with van der Waals surface area (Å²) < 4.78 is 0. The molecule has 0 saturated carbocycles. The minimum atomic E-state index is -0.583. The summed E-state index contributed by atoms with van der Waals surface area (Å²) >= 11 is 0. The highest BCUT2D eigenvalue weighted by Gasteiger charge is 2.22. The molecular formula is C16H38N6O2. The molecule has 7 N–H and O–H groups in total. The van der Waals surface area contributed by atoms with Crippen LogP contribution in [-0.4, -0.2) is 71.2 Å². The van der Waals surface area contributed by atoms with Gasteiger partial charge in [-0.2, -0.15) is 0 Å². The average Bonchev–Trinajstić information content (AvgIpc) is 2.54. The van der Waals surface area contributed by atoms with Gasteiger partial charge in [0.15, 0.2) is 0 Å². The maximum absolute atomic E-state index is 12.2. The monoisotopic (exact) mass is 346 g/mol. The molecule has 0 aromatic rings. The first kappa shape index (κ1) is 25.0. The second-order valence-electron chi connectivity index (χ2n) is 5.55. The van der Waals surface area contributed by atoms with E-state index in [1.54, 1.807) is 0 Å². The summed E-state index contributed by atoms with van der Waals surface area (Å²) in [6, 6.07) is -1.12. The molecule has 0 fully saturated rings. The Labute approximate surface area is 147 Å². The highest BCUT2D eigenvalue weighted by Crippen LogP contribution is 2.00. The van der Waals surface area contributed by atoms with Crippen LogP contribution in [0.1, 0.15) is 33.1 Å². The number of amides is 2. The molecule has 0 aromatic heterocycles. The second kappa shape index (κ2) is 16.6. The number of rotatable bonds is 14. The molecule has 2 amide bonds. The Balaban J connectivity index is 0. The van der Waals surface area contributed by atoms with Gasteiger partial charge in [-0.15, -0.1) is 0 Å². The van der Waals surface area contributed by atoms with Crippen molar-refractivity contribution in [2.24, 2.45) is 5.73 Å². The van der Waals surface area contributed by atoms with E-state index in [1.165, 1.54) is 0 Å². The van der Waals surface area contributed by atoms with Crippen molar-refractivity contribution in [1.29, 1.82) is 0 Å². The second-order valence-corrected chi connectivity index (χ2v) is 5.55. The van der Waals surface area contributed by atoms with Crippen molar-refractivity contribution >= 4 is 11.8 Å². The van der Waals surface area contributed by atoms with Crippen LogP contribution in [0.15, 0.2) is 0 Å². The molecule has 0 spiro atoms. The van der Waals surface area contributed by atoms with Gasteiger partial charge in [0.1, 0.15) is 6.04 Å². The number of hydrogen-bond acceptors (Lipinski definition) is 6. The van der Waals surface area contributed by atoms with E-state index >= 15 is 0 Å². The Morgan fingerprint density at radius 1 is 0.833 bits per heavy atom. The zero-order chi connectivity index (χ0) is 17.5. The normalized spacial score (nSPS) is 12.8. The summed E-state index contributed by atoms with van der Waals surface area (Å²) in [5.74, 6) is -0.425.